The molecule has 16 heavy (non-hydrogen) atoms. The van der Waals surface area contributed by atoms with Crippen molar-refractivity contribution in [1.29, 1.82) is 0 Å². The average Bonchev–Trinajstić information content (AvgIpc) is 2.15. The van der Waals surface area contributed by atoms with E-state index in [9.17, 15) is 0 Å². The molecule has 0 spiro atoms. The average molecular weight is 237 g/mol. The minimum Gasteiger partial charge on any atom is -0.492 e. The second-order valence-electron chi connectivity index (χ2n) is 4.34. The highest BCUT2D eigenvalue weighted by Gasteiger charge is 2.09. The van der Waals surface area contributed by atoms with Gasteiger partial charge < -0.3 is 10.5 Å². The number of hydrogen-bond donors (Lipinski definition) is 1. The van der Waals surface area contributed by atoms with Gasteiger partial charge in [0.25, 0.3) is 0 Å². The molecule has 2 nitrogen and oxygen atoms in total. The molecule has 1 atom stereocenters. The van der Waals surface area contributed by atoms with Crippen LogP contribution in [0.1, 0.15) is 23.6 Å². The minimum atomic E-state index is 0.107. The van der Waals surface area contributed by atoms with Gasteiger partial charge in [0.05, 0.1) is 11.6 Å². The van der Waals surface area contributed by atoms with Crippen LogP contribution in [0.2, 0.25) is 0 Å². The van der Waals surface area contributed by atoms with Gasteiger partial charge in [-0.3, -0.25) is 0 Å². The summed E-state index contributed by atoms with van der Waals surface area (Å²) >= 11 is 4.92. The zero-order chi connectivity index (χ0) is 12.3. The zero-order valence-electron chi connectivity index (χ0n) is 10.3. The minimum absolute atomic E-state index is 0.107. The fraction of sp³-hybridized carbons (Fsp3) is 0.462. The summed E-state index contributed by atoms with van der Waals surface area (Å²) in [6, 6.07) is 4.24. The summed E-state index contributed by atoms with van der Waals surface area (Å²) in [6.45, 7) is 8.71. The Morgan fingerprint density at radius 3 is 2.25 bits per heavy atom. The highest BCUT2D eigenvalue weighted by molar-refractivity contribution is 7.80. The van der Waals surface area contributed by atoms with Crippen LogP contribution in [-0.2, 0) is 0 Å². The molecule has 0 radical (unpaired) electrons. The van der Waals surface area contributed by atoms with E-state index < -0.39 is 0 Å². The number of hydrogen-bond acceptors (Lipinski definition) is 2. The molecule has 0 aliphatic carbocycles. The van der Waals surface area contributed by atoms with Gasteiger partial charge >= 0.3 is 0 Å². The van der Waals surface area contributed by atoms with E-state index in [2.05, 4.69) is 32.9 Å². The van der Waals surface area contributed by atoms with Gasteiger partial charge in [-0.05, 0) is 31.9 Å². The second kappa shape index (κ2) is 5.30. The zero-order valence-corrected chi connectivity index (χ0v) is 11.1. The molecular formula is C13H19NOS. The van der Waals surface area contributed by atoms with Gasteiger partial charge in [0.1, 0.15) is 5.75 Å². The maximum absolute atomic E-state index is 5.78. The summed E-state index contributed by atoms with van der Waals surface area (Å²) in [6.07, 6.45) is 0. The van der Waals surface area contributed by atoms with E-state index in [0.717, 1.165) is 16.9 Å². The number of aryl methyl sites for hydroxylation is 3. The van der Waals surface area contributed by atoms with Gasteiger partial charge in [0.2, 0.25) is 0 Å². The number of benzene rings is 1. The van der Waals surface area contributed by atoms with E-state index in [4.69, 9.17) is 22.7 Å². The van der Waals surface area contributed by atoms with E-state index >= 15 is 0 Å². The third kappa shape index (κ3) is 3.20. The van der Waals surface area contributed by atoms with Crippen molar-refractivity contribution in [3.8, 4) is 5.75 Å². The molecule has 0 amide bonds. The molecule has 0 aromatic heterocycles. The molecule has 0 heterocycles. The van der Waals surface area contributed by atoms with Crippen LogP contribution in [0.25, 0.3) is 0 Å². The summed E-state index contributed by atoms with van der Waals surface area (Å²) in [5.41, 5.74) is 9.13. The lowest BCUT2D eigenvalue weighted by Crippen LogP contribution is -2.24. The SMILES string of the molecule is Cc1cc(C)c(OCC(C)C(N)=S)c(C)c1. The Morgan fingerprint density at radius 2 is 1.81 bits per heavy atom. The molecule has 3 heteroatoms. The van der Waals surface area contributed by atoms with Crippen molar-refractivity contribution >= 4 is 17.2 Å². The molecule has 0 aliphatic heterocycles. The Morgan fingerprint density at radius 1 is 1.31 bits per heavy atom. The van der Waals surface area contributed by atoms with Gasteiger partial charge in [-0.1, -0.05) is 36.8 Å². The van der Waals surface area contributed by atoms with Crippen molar-refractivity contribution in [3.63, 3.8) is 0 Å². The number of thiocarbonyl (C=S) groups is 1. The molecule has 1 unspecified atom stereocenters. The second-order valence-corrected chi connectivity index (χ2v) is 4.81. The first kappa shape index (κ1) is 13.0. The van der Waals surface area contributed by atoms with Crippen molar-refractivity contribution in [2.24, 2.45) is 11.7 Å². The van der Waals surface area contributed by atoms with Gasteiger partial charge in [0.15, 0.2) is 0 Å². The van der Waals surface area contributed by atoms with Crippen LogP contribution < -0.4 is 10.5 Å². The standard InChI is InChI=1S/C13H19NOS/c1-8-5-9(2)12(10(3)6-8)15-7-11(4)13(14)16/h5-6,11H,7H2,1-4H3,(H2,14,16). The lowest BCUT2D eigenvalue weighted by molar-refractivity contribution is 0.289. The molecule has 1 aromatic rings. The molecule has 1 rings (SSSR count). The normalized spacial score (nSPS) is 12.2. The van der Waals surface area contributed by atoms with Crippen LogP contribution in [0, 0.1) is 26.7 Å². The summed E-state index contributed by atoms with van der Waals surface area (Å²) in [4.78, 5) is 0.502. The van der Waals surface area contributed by atoms with E-state index in [0.29, 0.717) is 11.6 Å². The summed E-state index contributed by atoms with van der Waals surface area (Å²) in [5, 5.41) is 0. The molecule has 88 valence electrons. The predicted molar refractivity (Wildman–Crippen MR) is 72.1 cm³/mol. The van der Waals surface area contributed by atoms with Crippen molar-refractivity contribution in [2.75, 3.05) is 6.61 Å². The Balaban J connectivity index is 2.78. The van der Waals surface area contributed by atoms with Crippen LogP contribution in [0.3, 0.4) is 0 Å². The lowest BCUT2D eigenvalue weighted by Gasteiger charge is -2.16. The Labute approximate surface area is 103 Å². The Hall–Kier alpha value is -1.09. The third-order valence-electron chi connectivity index (χ3n) is 2.57. The van der Waals surface area contributed by atoms with Crippen LogP contribution in [0.4, 0.5) is 0 Å². The molecule has 0 aliphatic rings. The van der Waals surface area contributed by atoms with E-state index in [1.165, 1.54) is 5.56 Å². The highest BCUT2D eigenvalue weighted by atomic mass is 32.1. The van der Waals surface area contributed by atoms with Gasteiger partial charge in [-0.15, -0.1) is 0 Å². The summed E-state index contributed by atoms with van der Waals surface area (Å²) in [7, 11) is 0. The van der Waals surface area contributed by atoms with Crippen molar-refractivity contribution in [2.45, 2.75) is 27.7 Å². The Bertz CT molecular complexity index is 378. The topological polar surface area (TPSA) is 35.2 Å². The van der Waals surface area contributed by atoms with Crippen molar-refractivity contribution < 1.29 is 4.74 Å². The largest absolute Gasteiger partial charge is 0.492 e. The van der Waals surface area contributed by atoms with Crippen LogP contribution in [-0.4, -0.2) is 11.6 Å². The molecule has 2 N–H and O–H groups in total. The maximum Gasteiger partial charge on any atom is 0.125 e. The number of rotatable bonds is 4. The quantitative estimate of drug-likeness (QED) is 0.818. The third-order valence-corrected chi connectivity index (χ3v) is 2.97. The Kier molecular flexibility index (Phi) is 4.30. The smallest absolute Gasteiger partial charge is 0.125 e. The molecule has 0 saturated heterocycles. The van der Waals surface area contributed by atoms with Gasteiger partial charge in [-0.2, -0.15) is 0 Å². The fourth-order valence-corrected chi connectivity index (χ4v) is 1.75. The van der Waals surface area contributed by atoms with E-state index in [1.54, 1.807) is 0 Å². The van der Waals surface area contributed by atoms with Gasteiger partial charge in [-0.25, -0.2) is 0 Å². The summed E-state index contributed by atoms with van der Waals surface area (Å²) in [5.74, 6) is 1.06. The molecular weight excluding hydrogens is 218 g/mol. The fourth-order valence-electron chi connectivity index (χ4n) is 1.68. The first-order valence-corrected chi connectivity index (χ1v) is 5.82. The molecule has 1 aromatic carbocycles. The molecule has 0 saturated carbocycles. The monoisotopic (exact) mass is 237 g/mol. The molecule has 0 fully saturated rings. The van der Waals surface area contributed by atoms with Crippen LogP contribution in [0.15, 0.2) is 12.1 Å². The van der Waals surface area contributed by atoms with Crippen LogP contribution >= 0.6 is 12.2 Å². The molecule has 0 bridgehead atoms. The lowest BCUT2D eigenvalue weighted by atomic mass is 10.1. The van der Waals surface area contributed by atoms with Crippen molar-refractivity contribution in [1.82, 2.24) is 0 Å². The van der Waals surface area contributed by atoms with Gasteiger partial charge in [0, 0.05) is 5.92 Å². The summed E-state index contributed by atoms with van der Waals surface area (Å²) < 4.78 is 5.78. The predicted octanol–water partition coefficient (Wildman–Crippen LogP) is 2.91. The number of nitrogens with two attached hydrogens (primary N) is 1. The van der Waals surface area contributed by atoms with E-state index in [1.807, 2.05) is 6.92 Å². The van der Waals surface area contributed by atoms with E-state index in [-0.39, 0.29) is 5.92 Å². The highest BCUT2D eigenvalue weighted by Crippen LogP contribution is 2.24. The number of ether oxygens (including phenoxy) is 1. The van der Waals surface area contributed by atoms with Crippen molar-refractivity contribution in [3.05, 3.63) is 28.8 Å². The maximum atomic E-state index is 5.78. The first-order valence-electron chi connectivity index (χ1n) is 5.41. The first-order chi connectivity index (χ1) is 7.41. The van der Waals surface area contributed by atoms with Crippen LogP contribution in [0.5, 0.6) is 5.75 Å².